The van der Waals surface area contributed by atoms with Gasteiger partial charge in [0.15, 0.2) is 0 Å². The van der Waals surface area contributed by atoms with E-state index in [-0.39, 0.29) is 17.9 Å². The lowest BCUT2D eigenvalue weighted by Gasteiger charge is -2.27. The second kappa shape index (κ2) is 8.56. The molecular weight excluding hydrogens is 348 g/mol. The third kappa shape index (κ3) is 4.19. The van der Waals surface area contributed by atoms with Crippen molar-refractivity contribution in [2.24, 2.45) is 5.92 Å². The van der Waals surface area contributed by atoms with Crippen LogP contribution in [0.3, 0.4) is 0 Å². The van der Waals surface area contributed by atoms with E-state index in [0.717, 1.165) is 48.4 Å². The molecule has 1 fully saturated rings. The summed E-state index contributed by atoms with van der Waals surface area (Å²) in [5.74, 6) is 0.858. The van der Waals surface area contributed by atoms with Crippen molar-refractivity contribution in [2.45, 2.75) is 25.8 Å². The molecule has 2 unspecified atom stereocenters. The van der Waals surface area contributed by atoms with E-state index in [2.05, 4.69) is 10.6 Å². The van der Waals surface area contributed by atoms with Gasteiger partial charge in [-0.05, 0) is 61.2 Å². The Balaban J connectivity index is 1.94. The van der Waals surface area contributed by atoms with Crippen molar-refractivity contribution in [2.75, 3.05) is 20.2 Å². The van der Waals surface area contributed by atoms with Crippen LogP contribution in [-0.4, -0.2) is 26.1 Å². The van der Waals surface area contributed by atoms with Gasteiger partial charge in [0.1, 0.15) is 5.75 Å². The summed E-state index contributed by atoms with van der Waals surface area (Å²) in [6.45, 7) is 3.73. The number of benzene rings is 2. The van der Waals surface area contributed by atoms with Crippen LogP contribution in [0.25, 0.3) is 0 Å². The van der Waals surface area contributed by atoms with Crippen molar-refractivity contribution in [1.29, 1.82) is 0 Å². The van der Waals surface area contributed by atoms with Crippen LogP contribution in [0.2, 0.25) is 5.02 Å². The molecule has 4 nitrogen and oxygen atoms in total. The minimum absolute atomic E-state index is 0.00714. The molecule has 2 N–H and O–H groups in total. The topological polar surface area (TPSA) is 50.4 Å². The van der Waals surface area contributed by atoms with Gasteiger partial charge in [0.2, 0.25) is 5.91 Å². The number of amides is 1. The highest BCUT2D eigenvalue weighted by Crippen LogP contribution is 2.32. The molecule has 1 amide bonds. The van der Waals surface area contributed by atoms with Gasteiger partial charge in [-0.1, -0.05) is 35.9 Å². The van der Waals surface area contributed by atoms with Crippen LogP contribution in [0.1, 0.15) is 35.6 Å². The summed E-state index contributed by atoms with van der Waals surface area (Å²) in [7, 11) is 1.65. The molecule has 0 saturated carbocycles. The summed E-state index contributed by atoms with van der Waals surface area (Å²) in [6.07, 6.45) is 1.94. The Morgan fingerprint density at radius 3 is 2.73 bits per heavy atom. The third-order valence-electron chi connectivity index (χ3n) is 4.96. The first-order chi connectivity index (χ1) is 12.6. The quantitative estimate of drug-likeness (QED) is 0.837. The molecule has 0 radical (unpaired) electrons. The number of halogens is 1. The number of aryl methyl sites for hydroxylation is 1. The molecule has 1 saturated heterocycles. The molecule has 2 aromatic rings. The number of piperidine rings is 1. The fourth-order valence-corrected chi connectivity index (χ4v) is 3.71. The molecule has 3 rings (SSSR count). The fourth-order valence-electron chi connectivity index (χ4n) is 3.47. The van der Waals surface area contributed by atoms with E-state index in [9.17, 15) is 4.79 Å². The zero-order valence-corrected chi connectivity index (χ0v) is 16.0. The highest BCUT2D eigenvalue weighted by atomic mass is 35.5. The Morgan fingerprint density at radius 1 is 1.27 bits per heavy atom. The van der Waals surface area contributed by atoms with Gasteiger partial charge in [0.25, 0.3) is 0 Å². The molecule has 5 heteroatoms. The SMILES string of the molecule is COc1ccc(C(NC(=O)C2CCCNC2)c2ccccc2Cl)c(C)c1. The molecule has 0 aliphatic carbocycles. The van der Waals surface area contributed by atoms with Crippen molar-refractivity contribution >= 4 is 17.5 Å². The van der Waals surface area contributed by atoms with Gasteiger partial charge in [-0.25, -0.2) is 0 Å². The van der Waals surface area contributed by atoms with Crippen molar-refractivity contribution < 1.29 is 9.53 Å². The highest BCUT2D eigenvalue weighted by molar-refractivity contribution is 6.31. The fraction of sp³-hybridized carbons (Fsp3) is 0.381. The molecule has 2 aromatic carbocycles. The Kier molecular flexibility index (Phi) is 6.17. The minimum atomic E-state index is -0.288. The van der Waals surface area contributed by atoms with Crippen LogP contribution < -0.4 is 15.4 Å². The van der Waals surface area contributed by atoms with Crippen molar-refractivity contribution in [3.8, 4) is 5.75 Å². The second-order valence-electron chi connectivity index (χ2n) is 6.73. The Morgan fingerprint density at radius 2 is 2.08 bits per heavy atom. The van der Waals surface area contributed by atoms with Crippen LogP contribution >= 0.6 is 11.6 Å². The molecule has 1 aliphatic rings. The maximum absolute atomic E-state index is 12.9. The first-order valence-corrected chi connectivity index (χ1v) is 9.38. The largest absolute Gasteiger partial charge is 0.497 e. The highest BCUT2D eigenvalue weighted by Gasteiger charge is 2.26. The van der Waals surface area contributed by atoms with Crippen LogP contribution in [0, 0.1) is 12.8 Å². The van der Waals surface area contributed by atoms with Gasteiger partial charge in [0, 0.05) is 11.6 Å². The molecular formula is C21H25ClN2O2. The summed E-state index contributed by atoms with van der Waals surface area (Å²) in [6, 6.07) is 13.3. The van der Waals surface area contributed by atoms with E-state index in [4.69, 9.17) is 16.3 Å². The number of hydrogen-bond acceptors (Lipinski definition) is 3. The number of rotatable bonds is 5. The molecule has 2 atom stereocenters. The summed E-state index contributed by atoms with van der Waals surface area (Å²) in [4.78, 5) is 12.9. The van der Waals surface area contributed by atoms with Crippen LogP contribution in [0.4, 0.5) is 0 Å². The molecule has 26 heavy (non-hydrogen) atoms. The molecule has 138 valence electrons. The van der Waals surface area contributed by atoms with Gasteiger partial charge < -0.3 is 15.4 Å². The van der Waals surface area contributed by atoms with E-state index in [1.165, 1.54) is 0 Å². The summed E-state index contributed by atoms with van der Waals surface area (Å²) in [5, 5.41) is 7.19. The third-order valence-corrected chi connectivity index (χ3v) is 5.30. The van der Waals surface area contributed by atoms with Gasteiger partial charge in [-0.2, -0.15) is 0 Å². The number of carbonyl (C=O) groups excluding carboxylic acids is 1. The van der Waals surface area contributed by atoms with Crippen molar-refractivity contribution in [1.82, 2.24) is 10.6 Å². The summed E-state index contributed by atoms with van der Waals surface area (Å²) >= 11 is 6.46. The Hall–Kier alpha value is -2.04. The number of carbonyl (C=O) groups is 1. The van der Waals surface area contributed by atoms with Crippen molar-refractivity contribution in [3.05, 3.63) is 64.2 Å². The average Bonchev–Trinajstić information content (AvgIpc) is 2.67. The number of hydrogen-bond donors (Lipinski definition) is 2. The molecule has 0 spiro atoms. The summed E-state index contributed by atoms with van der Waals surface area (Å²) in [5.41, 5.74) is 2.98. The first-order valence-electron chi connectivity index (χ1n) is 9.00. The lowest BCUT2D eigenvalue weighted by Crippen LogP contribution is -2.42. The van der Waals surface area contributed by atoms with E-state index in [1.807, 2.05) is 49.4 Å². The van der Waals surface area contributed by atoms with Crippen molar-refractivity contribution in [3.63, 3.8) is 0 Å². The molecule has 0 aromatic heterocycles. The zero-order valence-electron chi connectivity index (χ0n) is 15.2. The van der Waals surface area contributed by atoms with Crippen LogP contribution in [0.5, 0.6) is 5.75 Å². The molecule has 0 bridgehead atoms. The van der Waals surface area contributed by atoms with Crippen LogP contribution in [-0.2, 0) is 4.79 Å². The lowest BCUT2D eigenvalue weighted by molar-refractivity contribution is -0.126. The van der Waals surface area contributed by atoms with Crippen LogP contribution in [0.15, 0.2) is 42.5 Å². The average molecular weight is 373 g/mol. The predicted molar refractivity (Wildman–Crippen MR) is 105 cm³/mol. The molecule has 1 aliphatic heterocycles. The van der Waals surface area contributed by atoms with Gasteiger partial charge >= 0.3 is 0 Å². The maximum atomic E-state index is 12.9. The minimum Gasteiger partial charge on any atom is -0.497 e. The maximum Gasteiger partial charge on any atom is 0.225 e. The second-order valence-corrected chi connectivity index (χ2v) is 7.14. The number of ether oxygens (including phenoxy) is 1. The molecule has 1 heterocycles. The van der Waals surface area contributed by atoms with E-state index in [1.54, 1.807) is 7.11 Å². The Bertz CT molecular complexity index is 772. The Labute approximate surface area is 159 Å². The van der Waals surface area contributed by atoms with Gasteiger partial charge in [0.05, 0.1) is 19.1 Å². The number of nitrogens with one attached hydrogen (secondary N) is 2. The first kappa shape index (κ1) is 18.7. The normalized spacial score (nSPS) is 18.2. The zero-order chi connectivity index (χ0) is 18.5. The standard InChI is InChI=1S/C21H25ClN2O2/c1-14-12-16(26-2)9-10-17(14)20(18-7-3-4-8-19(18)22)24-21(25)15-6-5-11-23-13-15/h3-4,7-10,12,15,20,23H,5-6,11,13H2,1-2H3,(H,24,25). The number of methoxy groups -OCH3 is 1. The van der Waals surface area contributed by atoms with Gasteiger partial charge in [-0.3, -0.25) is 4.79 Å². The predicted octanol–water partition coefficient (Wildman–Crippen LogP) is 3.86. The van der Waals surface area contributed by atoms with E-state index < -0.39 is 0 Å². The van der Waals surface area contributed by atoms with E-state index >= 15 is 0 Å². The summed E-state index contributed by atoms with van der Waals surface area (Å²) < 4.78 is 5.31. The monoisotopic (exact) mass is 372 g/mol. The van der Waals surface area contributed by atoms with E-state index in [0.29, 0.717) is 5.02 Å². The lowest BCUT2D eigenvalue weighted by atomic mass is 9.92. The van der Waals surface area contributed by atoms with Gasteiger partial charge in [-0.15, -0.1) is 0 Å². The smallest absolute Gasteiger partial charge is 0.225 e.